The highest BCUT2D eigenvalue weighted by Crippen LogP contribution is 2.24. The molecule has 0 aliphatic heterocycles. The van der Waals surface area contributed by atoms with Crippen molar-refractivity contribution in [1.82, 2.24) is 0 Å². The Labute approximate surface area is 152 Å². The lowest BCUT2D eigenvalue weighted by Crippen LogP contribution is -2.02. The van der Waals surface area contributed by atoms with Gasteiger partial charge in [-0.25, -0.2) is 0 Å². The molecular weight excluding hydrogens is 328 g/mol. The molecule has 0 amide bonds. The van der Waals surface area contributed by atoms with Gasteiger partial charge in [-0.2, -0.15) is 0 Å². The van der Waals surface area contributed by atoms with E-state index in [1.807, 2.05) is 78.9 Å². The predicted molar refractivity (Wildman–Crippen MR) is 99.7 cm³/mol. The molecule has 0 spiro atoms. The van der Waals surface area contributed by atoms with Crippen LogP contribution in [0.3, 0.4) is 0 Å². The normalized spacial score (nSPS) is 10.3. The highest BCUT2D eigenvalue weighted by Gasteiger charge is 2.07. The van der Waals surface area contributed by atoms with E-state index in [-0.39, 0.29) is 6.42 Å². The molecule has 0 bridgehead atoms. The van der Waals surface area contributed by atoms with Crippen LogP contribution in [0, 0.1) is 0 Å². The number of rotatable bonds is 8. The van der Waals surface area contributed by atoms with Crippen LogP contribution in [0.1, 0.15) is 17.5 Å². The maximum Gasteiger partial charge on any atom is 0.303 e. The quantitative estimate of drug-likeness (QED) is 0.617. The minimum absolute atomic E-state index is 0.0841. The Balaban J connectivity index is 1.65. The SMILES string of the molecule is O=C(O)CCc1ccccc1OCc1cccc(Oc2ccccc2)c1. The summed E-state index contributed by atoms with van der Waals surface area (Å²) in [5.74, 6) is 1.43. The molecule has 0 radical (unpaired) electrons. The van der Waals surface area contributed by atoms with Gasteiger partial charge < -0.3 is 14.6 Å². The molecule has 0 aromatic heterocycles. The van der Waals surface area contributed by atoms with Gasteiger partial charge in [0.25, 0.3) is 0 Å². The number of carbonyl (C=O) groups is 1. The summed E-state index contributed by atoms with van der Waals surface area (Å²) >= 11 is 0. The van der Waals surface area contributed by atoms with Gasteiger partial charge in [-0.15, -0.1) is 0 Å². The summed E-state index contributed by atoms with van der Waals surface area (Å²) in [6.45, 7) is 0.385. The average molecular weight is 348 g/mol. The van der Waals surface area contributed by atoms with Crippen LogP contribution in [-0.2, 0) is 17.8 Å². The Bertz CT molecular complexity index is 859. The zero-order valence-electron chi connectivity index (χ0n) is 14.3. The van der Waals surface area contributed by atoms with Crippen LogP contribution in [-0.4, -0.2) is 11.1 Å². The summed E-state index contributed by atoms with van der Waals surface area (Å²) in [7, 11) is 0. The number of aryl methyl sites for hydroxylation is 1. The van der Waals surface area contributed by atoms with Crippen LogP contribution < -0.4 is 9.47 Å². The van der Waals surface area contributed by atoms with Gasteiger partial charge in [0.05, 0.1) is 0 Å². The number of hydrogen-bond donors (Lipinski definition) is 1. The zero-order chi connectivity index (χ0) is 18.2. The lowest BCUT2D eigenvalue weighted by atomic mass is 10.1. The Morgan fingerprint density at radius 2 is 1.58 bits per heavy atom. The van der Waals surface area contributed by atoms with E-state index < -0.39 is 5.97 Å². The summed E-state index contributed by atoms with van der Waals surface area (Å²) in [4.78, 5) is 10.8. The molecule has 0 aliphatic rings. The molecule has 3 rings (SSSR count). The highest BCUT2D eigenvalue weighted by atomic mass is 16.5. The molecule has 3 aromatic carbocycles. The Hall–Kier alpha value is -3.27. The minimum Gasteiger partial charge on any atom is -0.489 e. The third-order valence-electron chi connectivity index (χ3n) is 3.85. The maximum absolute atomic E-state index is 10.8. The summed E-state index contributed by atoms with van der Waals surface area (Å²) < 4.78 is 11.8. The molecule has 0 aliphatic carbocycles. The van der Waals surface area contributed by atoms with Crippen molar-refractivity contribution in [2.45, 2.75) is 19.4 Å². The molecular formula is C22H20O4. The third kappa shape index (κ3) is 5.11. The van der Waals surface area contributed by atoms with Gasteiger partial charge in [0.15, 0.2) is 0 Å². The lowest BCUT2D eigenvalue weighted by molar-refractivity contribution is -0.136. The zero-order valence-corrected chi connectivity index (χ0v) is 14.3. The molecule has 132 valence electrons. The van der Waals surface area contributed by atoms with E-state index >= 15 is 0 Å². The summed E-state index contributed by atoms with van der Waals surface area (Å²) in [5.41, 5.74) is 1.87. The number of carboxylic acids is 1. The second-order valence-electron chi connectivity index (χ2n) is 5.85. The fourth-order valence-corrected chi connectivity index (χ4v) is 2.58. The minimum atomic E-state index is -0.814. The van der Waals surface area contributed by atoms with Crippen LogP contribution in [0.4, 0.5) is 0 Å². The first-order valence-electron chi connectivity index (χ1n) is 8.45. The topological polar surface area (TPSA) is 55.8 Å². The van der Waals surface area contributed by atoms with Gasteiger partial charge in [0.2, 0.25) is 0 Å². The summed E-state index contributed by atoms with van der Waals surface area (Å²) in [6.07, 6.45) is 0.531. The molecule has 0 heterocycles. The van der Waals surface area contributed by atoms with Crippen LogP contribution in [0.2, 0.25) is 0 Å². The van der Waals surface area contributed by atoms with Crippen LogP contribution in [0.15, 0.2) is 78.9 Å². The Morgan fingerprint density at radius 1 is 0.846 bits per heavy atom. The molecule has 0 unspecified atom stereocenters. The summed E-state index contributed by atoms with van der Waals surface area (Å²) in [6, 6.07) is 24.9. The number of para-hydroxylation sites is 2. The van der Waals surface area contributed by atoms with Gasteiger partial charge in [0, 0.05) is 6.42 Å². The van der Waals surface area contributed by atoms with Gasteiger partial charge in [-0.1, -0.05) is 48.5 Å². The predicted octanol–water partition coefficient (Wildman–Crippen LogP) is 5.08. The summed E-state index contributed by atoms with van der Waals surface area (Å²) in [5, 5.41) is 8.87. The van der Waals surface area contributed by atoms with Crippen molar-refractivity contribution in [3.63, 3.8) is 0 Å². The van der Waals surface area contributed by atoms with Crippen molar-refractivity contribution in [3.05, 3.63) is 90.0 Å². The number of hydrogen-bond acceptors (Lipinski definition) is 3. The van der Waals surface area contributed by atoms with Crippen LogP contribution in [0.5, 0.6) is 17.2 Å². The first kappa shape index (κ1) is 17.5. The fraction of sp³-hybridized carbons (Fsp3) is 0.136. The first-order chi connectivity index (χ1) is 12.7. The Kier molecular flexibility index (Phi) is 5.88. The number of aliphatic carboxylic acids is 1. The first-order valence-corrected chi connectivity index (χ1v) is 8.45. The number of ether oxygens (including phenoxy) is 2. The van der Waals surface area contributed by atoms with E-state index in [0.717, 1.165) is 22.6 Å². The van der Waals surface area contributed by atoms with Crippen molar-refractivity contribution in [3.8, 4) is 17.2 Å². The van der Waals surface area contributed by atoms with Crippen LogP contribution in [0.25, 0.3) is 0 Å². The van der Waals surface area contributed by atoms with Gasteiger partial charge in [0.1, 0.15) is 23.9 Å². The molecule has 26 heavy (non-hydrogen) atoms. The van der Waals surface area contributed by atoms with Gasteiger partial charge >= 0.3 is 5.97 Å². The van der Waals surface area contributed by atoms with Crippen molar-refractivity contribution >= 4 is 5.97 Å². The largest absolute Gasteiger partial charge is 0.489 e. The van der Waals surface area contributed by atoms with E-state index in [9.17, 15) is 4.79 Å². The smallest absolute Gasteiger partial charge is 0.303 e. The average Bonchev–Trinajstić information content (AvgIpc) is 2.66. The van der Waals surface area contributed by atoms with E-state index in [1.165, 1.54) is 0 Å². The van der Waals surface area contributed by atoms with Crippen molar-refractivity contribution in [2.75, 3.05) is 0 Å². The molecule has 0 saturated carbocycles. The molecule has 0 saturated heterocycles. The van der Waals surface area contributed by atoms with E-state index in [0.29, 0.717) is 18.8 Å². The monoisotopic (exact) mass is 348 g/mol. The molecule has 4 heteroatoms. The standard InChI is InChI=1S/C22H20O4/c23-22(24)14-13-18-8-4-5-12-21(18)25-16-17-7-6-11-20(15-17)26-19-9-2-1-3-10-19/h1-12,15H,13-14,16H2,(H,23,24). The molecule has 0 fully saturated rings. The number of benzene rings is 3. The number of carboxylic acid groups (broad SMARTS) is 1. The molecule has 0 atom stereocenters. The fourth-order valence-electron chi connectivity index (χ4n) is 2.58. The second kappa shape index (κ2) is 8.72. The van der Waals surface area contributed by atoms with Crippen molar-refractivity contribution in [1.29, 1.82) is 0 Å². The van der Waals surface area contributed by atoms with Crippen molar-refractivity contribution < 1.29 is 19.4 Å². The van der Waals surface area contributed by atoms with E-state index in [1.54, 1.807) is 0 Å². The molecule has 1 N–H and O–H groups in total. The van der Waals surface area contributed by atoms with Crippen molar-refractivity contribution in [2.24, 2.45) is 0 Å². The van der Waals surface area contributed by atoms with Gasteiger partial charge in [-0.3, -0.25) is 4.79 Å². The second-order valence-corrected chi connectivity index (χ2v) is 5.85. The van der Waals surface area contributed by atoms with Gasteiger partial charge in [-0.05, 0) is 47.9 Å². The van der Waals surface area contributed by atoms with E-state index in [4.69, 9.17) is 14.6 Å². The molecule has 4 nitrogen and oxygen atoms in total. The third-order valence-corrected chi connectivity index (χ3v) is 3.85. The Morgan fingerprint density at radius 3 is 2.38 bits per heavy atom. The molecule has 3 aromatic rings. The highest BCUT2D eigenvalue weighted by molar-refractivity contribution is 5.67. The van der Waals surface area contributed by atoms with Crippen LogP contribution >= 0.6 is 0 Å². The lowest BCUT2D eigenvalue weighted by Gasteiger charge is -2.12. The maximum atomic E-state index is 10.8. The van der Waals surface area contributed by atoms with E-state index in [2.05, 4.69) is 0 Å².